The summed E-state index contributed by atoms with van der Waals surface area (Å²) in [7, 11) is 4.22. The van der Waals surface area contributed by atoms with Gasteiger partial charge in [-0.3, -0.25) is 0 Å². The molecular formula is C29H59NO2. The molecule has 1 atom stereocenters. The summed E-state index contributed by atoms with van der Waals surface area (Å²) in [6, 6.07) is 0. The van der Waals surface area contributed by atoms with E-state index in [-0.39, 0.29) is 6.10 Å². The molecule has 0 N–H and O–H groups in total. The molecule has 0 radical (unpaired) electrons. The zero-order chi connectivity index (χ0) is 23.5. The first-order valence-electron chi connectivity index (χ1n) is 14.2. The molecule has 0 aliphatic rings. The number of hydrogen-bond acceptors (Lipinski definition) is 3. The summed E-state index contributed by atoms with van der Waals surface area (Å²) >= 11 is 0. The van der Waals surface area contributed by atoms with Crippen LogP contribution >= 0.6 is 0 Å². The van der Waals surface area contributed by atoms with Gasteiger partial charge in [-0.25, -0.2) is 0 Å². The molecule has 0 aliphatic carbocycles. The van der Waals surface area contributed by atoms with Crippen LogP contribution in [-0.2, 0) is 9.47 Å². The van der Waals surface area contributed by atoms with Gasteiger partial charge in [0, 0.05) is 19.8 Å². The van der Waals surface area contributed by atoms with E-state index in [1.54, 1.807) is 0 Å². The Balaban J connectivity index is 3.43. The normalized spacial score (nSPS) is 12.9. The predicted molar refractivity (Wildman–Crippen MR) is 143 cm³/mol. The Bertz CT molecular complexity index is 370. The second kappa shape index (κ2) is 26.9. The van der Waals surface area contributed by atoms with E-state index in [1.165, 1.54) is 116 Å². The minimum atomic E-state index is 0.209. The minimum Gasteiger partial charge on any atom is -0.379 e. The first-order chi connectivity index (χ1) is 15.7. The van der Waals surface area contributed by atoms with Gasteiger partial charge in [-0.15, -0.1) is 0 Å². The van der Waals surface area contributed by atoms with Crippen LogP contribution in [0, 0.1) is 0 Å². The van der Waals surface area contributed by atoms with Crippen molar-refractivity contribution in [2.24, 2.45) is 0 Å². The third-order valence-electron chi connectivity index (χ3n) is 6.02. The maximum absolute atomic E-state index is 6.06. The number of nitrogens with zero attached hydrogens (tertiary/aromatic N) is 1. The molecule has 0 amide bonds. The van der Waals surface area contributed by atoms with Gasteiger partial charge in [-0.1, -0.05) is 103 Å². The van der Waals surface area contributed by atoms with Crippen molar-refractivity contribution in [3.8, 4) is 0 Å². The van der Waals surface area contributed by atoms with E-state index in [0.717, 1.165) is 26.4 Å². The third-order valence-corrected chi connectivity index (χ3v) is 6.02. The average molecular weight is 454 g/mol. The topological polar surface area (TPSA) is 21.7 Å². The Morgan fingerprint density at radius 3 is 1.62 bits per heavy atom. The summed E-state index contributed by atoms with van der Waals surface area (Å²) in [5.74, 6) is 0. The van der Waals surface area contributed by atoms with Crippen molar-refractivity contribution in [2.45, 2.75) is 136 Å². The van der Waals surface area contributed by atoms with Crippen LogP contribution in [0.25, 0.3) is 0 Å². The Morgan fingerprint density at radius 2 is 1.06 bits per heavy atom. The van der Waals surface area contributed by atoms with Gasteiger partial charge >= 0.3 is 0 Å². The largest absolute Gasteiger partial charge is 0.379 e. The van der Waals surface area contributed by atoms with Crippen molar-refractivity contribution in [3.63, 3.8) is 0 Å². The first kappa shape index (κ1) is 31.6. The Hall–Kier alpha value is -0.380. The fourth-order valence-corrected chi connectivity index (χ4v) is 4.01. The summed E-state index contributed by atoms with van der Waals surface area (Å²) in [5, 5.41) is 0. The third kappa shape index (κ3) is 25.9. The van der Waals surface area contributed by atoms with E-state index in [0.29, 0.717) is 0 Å². The fraction of sp³-hybridized carbons (Fsp3) is 0.931. The molecule has 3 nitrogen and oxygen atoms in total. The highest BCUT2D eigenvalue weighted by Gasteiger charge is 2.10. The molecule has 192 valence electrons. The molecule has 1 unspecified atom stereocenters. The molecule has 0 saturated heterocycles. The lowest BCUT2D eigenvalue weighted by molar-refractivity contribution is -0.0287. The van der Waals surface area contributed by atoms with Crippen LogP contribution in [-0.4, -0.2) is 51.5 Å². The van der Waals surface area contributed by atoms with E-state index >= 15 is 0 Å². The number of unbranched alkanes of at least 4 members (excludes halogenated alkanes) is 15. The molecular weight excluding hydrogens is 394 g/mol. The van der Waals surface area contributed by atoms with Crippen LogP contribution in [0.2, 0.25) is 0 Å². The van der Waals surface area contributed by atoms with E-state index in [2.05, 4.69) is 45.0 Å². The van der Waals surface area contributed by atoms with Crippen LogP contribution in [0.1, 0.15) is 129 Å². The van der Waals surface area contributed by atoms with Crippen LogP contribution < -0.4 is 0 Å². The molecule has 0 saturated carbocycles. The van der Waals surface area contributed by atoms with E-state index in [1.807, 2.05) is 0 Å². The van der Waals surface area contributed by atoms with Crippen molar-refractivity contribution in [2.75, 3.05) is 40.5 Å². The SMILES string of the molecule is CCCCCCCCC=CCCCCCCCCOCC(CN(C)C)OCCCCCC. The Kier molecular flexibility index (Phi) is 26.5. The van der Waals surface area contributed by atoms with E-state index in [4.69, 9.17) is 9.47 Å². The Morgan fingerprint density at radius 1 is 0.594 bits per heavy atom. The lowest BCUT2D eigenvalue weighted by atomic mass is 10.1. The molecule has 0 aromatic carbocycles. The van der Waals surface area contributed by atoms with Gasteiger partial charge in [-0.05, 0) is 52.6 Å². The van der Waals surface area contributed by atoms with Crippen molar-refractivity contribution < 1.29 is 9.47 Å². The summed E-state index contributed by atoms with van der Waals surface area (Å²) in [6.07, 6.45) is 29.0. The fourth-order valence-electron chi connectivity index (χ4n) is 4.01. The molecule has 0 aromatic rings. The number of rotatable bonds is 26. The highest BCUT2D eigenvalue weighted by atomic mass is 16.5. The first-order valence-corrected chi connectivity index (χ1v) is 14.2. The van der Waals surface area contributed by atoms with Gasteiger partial charge in [0.25, 0.3) is 0 Å². The van der Waals surface area contributed by atoms with Gasteiger partial charge in [0.15, 0.2) is 0 Å². The molecule has 3 heteroatoms. The number of ether oxygens (including phenoxy) is 2. The number of hydrogen-bond donors (Lipinski definition) is 0. The van der Waals surface area contributed by atoms with Crippen LogP contribution in [0.15, 0.2) is 12.2 Å². The molecule has 0 rings (SSSR count). The molecule has 0 spiro atoms. The van der Waals surface area contributed by atoms with Gasteiger partial charge < -0.3 is 14.4 Å². The summed E-state index contributed by atoms with van der Waals surface area (Å²) in [6.45, 7) is 7.96. The highest BCUT2D eigenvalue weighted by molar-refractivity contribution is 4.81. The predicted octanol–water partition coefficient (Wildman–Crippen LogP) is 8.57. The quantitative estimate of drug-likeness (QED) is 0.0966. The van der Waals surface area contributed by atoms with E-state index < -0.39 is 0 Å². The van der Waals surface area contributed by atoms with Crippen LogP contribution in [0.4, 0.5) is 0 Å². The molecule has 0 heterocycles. The van der Waals surface area contributed by atoms with Gasteiger partial charge in [0.1, 0.15) is 0 Å². The lowest BCUT2D eigenvalue weighted by Gasteiger charge is -2.21. The molecule has 0 aromatic heterocycles. The van der Waals surface area contributed by atoms with Gasteiger partial charge in [0.2, 0.25) is 0 Å². The summed E-state index contributed by atoms with van der Waals surface area (Å²) < 4.78 is 12.0. The van der Waals surface area contributed by atoms with Crippen molar-refractivity contribution >= 4 is 0 Å². The van der Waals surface area contributed by atoms with Gasteiger partial charge in [-0.2, -0.15) is 0 Å². The minimum absolute atomic E-state index is 0.209. The van der Waals surface area contributed by atoms with E-state index in [9.17, 15) is 0 Å². The second-order valence-corrected chi connectivity index (χ2v) is 9.83. The monoisotopic (exact) mass is 453 g/mol. The highest BCUT2D eigenvalue weighted by Crippen LogP contribution is 2.10. The summed E-state index contributed by atoms with van der Waals surface area (Å²) in [4.78, 5) is 2.20. The zero-order valence-electron chi connectivity index (χ0n) is 22.6. The van der Waals surface area contributed by atoms with Gasteiger partial charge in [0.05, 0.1) is 12.7 Å². The smallest absolute Gasteiger partial charge is 0.0934 e. The van der Waals surface area contributed by atoms with Crippen LogP contribution in [0.3, 0.4) is 0 Å². The van der Waals surface area contributed by atoms with Crippen molar-refractivity contribution in [1.29, 1.82) is 0 Å². The molecule has 0 fully saturated rings. The summed E-state index contributed by atoms with van der Waals surface area (Å²) in [5.41, 5.74) is 0. The zero-order valence-corrected chi connectivity index (χ0v) is 22.6. The molecule has 0 aliphatic heterocycles. The van der Waals surface area contributed by atoms with Crippen LogP contribution in [0.5, 0.6) is 0 Å². The van der Waals surface area contributed by atoms with Crippen molar-refractivity contribution in [1.82, 2.24) is 4.90 Å². The molecule has 32 heavy (non-hydrogen) atoms. The average Bonchev–Trinajstić information content (AvgIpc) is 2.77. The second-order valence-electron chi connectivity index (χ2n) is 9.83. The van der Waals surface area contributed by atoms with Crippen molar-refractivity contribution in [3.05, 3.63) is 12.2 Å². The number of likely N-dealkylation sites (N-methyl/N-ethyl adjacent to an activating group) is 1. The maximum Gasteiger partial charge on any atom is 0.0934 e. The number of allylic oxidation sites excluding steroid dienone is 2. The maximum atomic E-state index is 6.06. The molecule has 0 bridgehead atoms. The standard InChI is InChI=1S/C29H59NO2/c1-5-7-9-11-12-13-14-15-16-17-18-19-20-21-22-23-25-31-28-29(27-30(3)4)32-26-24-10-8-6-2/h15-16,29H,5-14,17-28H2,1-4H3. The Labute approximate surface area is 202 Å². The lowest BCUT2D eigenvalue weighted by Crippen LogP contribution is -2.32.